The number of ether oxygens (including phenoxy) is 2. The standard InChI is InChI=1S/C19H25NO6/c1-19(2,3)25-10-9-14(18(22)23)20-17(21)16-13(11-24-4)12-7-5-6-8-15(12)26-16/h5-8,14H,9-11H2,1-4H3,(H,20,21)(H,22,23). The summed E-state index contributed by atoms with van der Waals surface area (Å²) in [6, 6.07) is 6.14. The number of carbonyl (C=O) groups is 2. The van der Waals surface area contributed by atoms with Crippen LogP contribution in [-0.4, -0.2) is 42.3 Å². The number of carboxylic acid groups (broad SMARTS) is 1. The van der Waals surface area contributed by atoms with Gasteiger partial charge in [0.1, 0.15) is 11.6 Å². The summed E-state index contributed by atoms with van der Waals surface area (Å²) in [7, 11) is 1.52. The summed E-state index contributed by atoms with van der Waals surface area (Å²) in [6.07, 6.45) is 0.151. The third-order valence-electron chi connectivity index (χ3n) is 3.74. The number of furan rings is 1. The second kappa shape index (κ2) is 8.33. The van der Waals surface area contributed by atoms with Crippen molar-refractivity contribution in [3.05, 3.63) is 35.6 Å². The van der Waals surface area contributed by atoms with Crippen molar-refractivity contribution < 1.29 is 28.6 Å². The minimum Gasteiger partial charge on any atom is -0.480 e. The van der Waals surface area contributed by atoms with Crippen LogP contribution in [0.3, 0.4) is 0 Å². The van der Waals surface area contributed by atoms with E-state index in [-0.39, 0.29) is 31.0 Å². The van der Waals surface area contributed by atoms with E-state index in [4.69, 9.17) is 13.9 Å². The largest absolute Gasteiger partial charge is 0.480 e. The van der Waals surface area contributed by atoms with E-state index in [1.165, 1.54) is 7.11 Å². The van der Waals surface area contributed by atoms with E-state index in [2.05, 4.69) is 5.32 Å². The Hall–Kier alpha value is -2.38. The second-order valence-electron chi connectivity index (χ2n) is 6.95. The number of para-hydroxylation sites is 1. The van der Waals surface area contributed by atoms with Gasteiger partial charge in [-0.15, -0.1) is 0 Å². The van der Waals surface area contributed by atoms with Crippen LogP contribution in [0.4, 0.5) is 0 Å². The number of hydrogen-bond acceptors (Lipinski definition) is 5. The molecule has 0 bridgehead atoms. The zero-order chi connectivity index (χ0) is 19.3. The monoisotopic (exact) mass is 363 g/mol. The molecule has 7 nitrogen and oxygen atoms in total. The smallest absolute Gasteiger partial charge is 0.326 e. The highest BCUT2D eigenvalue weighted by Crippen LogP contribution is 2.26. The topological polar surface area (TPSA) is 98.0 Å². The molecule has 1 amide bonds. The van der Waals surface area contributed by atoms with Gasteiger partial charge in [-0.1, -0.05) is 18.2 Å². The van der Waals surface area contributed by atoms with E-state index >= 15 is 0 Å². The summed E-state index contributed by atoms with van der Waals surface area (Å²) >= 11 is 0. The van der Waals surface area contributed by atoms with Crippen LogP contribution >= 0.6 is 0 Å². The molecule has 0 fully saturated rings. The fourth-order valence-corrected chi connectivity index (χ4v) is 2.53. The maximum absolute atomic E-state index is 12.6. The van der Waals surface area contributed by atoms with Gasteiger partial charge in [-0.05, 0) is 26.8 Å². The van der Waals surface area contributed by atoms with Crippen LogP contribution in [0.15, 0.2) is 28.7 Å². The van der Waals surface area contributed by atoms with Crippen molar-refractivity contribution >= 4 is 22.8 Å². The average Bonchev–Trinajstić information content (AvgIpc) is 2.92. The van der Waals surface area contributed by atoms with Crippen LogP contribution in [-0.2, 0) is 20.9 Å². The Morgan fingerprint density at radius 2 is 1.96 bits per heavy atom. The average molecular weight is 363 g/mol. The quantitative estimate of drug-likeness (QED) is 0.748. The van der Waals surface area contributed by atoms with Gasteiger partial charge in [0, 0.05) is 31.1 Å². The Kier molecular flexibility index (Phi) is 6.39. The van der Waals surface area contributed by atoms with E-state index in [9.17, 15) is 14.7 Å². The molecule has 1 aromatic carbocycles. The summed E-state index contributed by atoms with van der Waals surface area (Å²) < 4.78 is 16.3. The highest BCUT2D eigenvalue weighted by Gasteiger charge is 2.26. The van der Waals surface area contributed by atoms with Gasteiger partial charge in [0.05, 0.1) is 12.2 Å². The van der Waals surface area contributed by atoms with Crippen LogP contribution in [0.5, 0.6) is 0 Å². The number of amides is 1. The van der Waals surface area contributed by atoms with E-state index in [1.807, 2.05) is 32.9 Å². The molecular weight excluding hydrogens is 338 g/mol. The molecule has 0 spiro atoms. The van der Waals surface area contributed by atoms with Gasteiger partial charge in [-0.2, -0.15) is 0 Å². The number of benzene rings is 1. The first-order chi connectivity index (χ1) is 12.2. The van der Waals surface area contributed by atoms with Crippen LogP contribution in [0.1, 0.15) is 43.3 Å². The molecule has 1 heterocycles. The number of aliphatic carboxylic acids is 1. The number of carbonyl (C=O) groups excluding carboxylic acids is 1. The predicted octanol–water partition coefficient (Wildman–Crippen LogP) is 2.97. The van der Waals surface area contributed by atoms with Gasteiger partial charge in [0.15, 0.2) is 5.76 Å². The van der Waals surface area contributed by atoms with Gasteiger partial charge >= 0.3 is 5.97 Å². The van der Waals surface area contributed by atoms with Gasteiger partial charge in [0.2, 0.25) is 0 Å². The van der Waals surface area contributed by atoms with E-state index in [0.717, 1.165) is 5.39 Å². The lowest BCUT2D eigenvalue weighted by molar-refractivity contribution is -0.140. The van der Waals surface area contributed by atoms with Crippen molar-refractivity contribution in [2.75, 3.05) is 13.7 Å². The van der Waals surface area contributed by atoms with Crippen LogP contribution in [0, 0.1) is 0 Å². The SMILES string of the molecule is COCc1c(C(=O)NC(CCOC(C)(C)C)C(=O)O)oc2ccccc12. The van der Waals surface area contributed by atoms with Crippen molar-refractivity contribution in [3.8, 4) is 0 Å². The molecule has 2 N–H and O–H groups in total. The van der Waals surface area contributed by atoms with E-state index in [0.29, 0.717) is 11.1 Å². The molecule has 1 unspecified atom stereocenters. The molecule has 1 aromatic heterocycles. The summed E-state index contributed by atoms with van der Waals surface area (Å²) in [5.74, 6) is -1.65. The molecule has 0 saturated carbocycles. The minimum absolute atomic E-state index is 0.0658. The Balaban J connectivity index is 2.17. The molecule has 0 aliphatic rings. The Bertz CT molecular complexity index is 774. The molecular formula is C19H25NO6. The molecule has 142 valence electrons. The van der Waals surface area contributed by atoms with Gasteiger partial charge < -0.3 is 24.3 Å². The van der Waals surface area contributed by atoms with Crippen molar-refractivity contribution in [2.45, 2.75) is 45.4 Å². The molecule has 2 aromatic rings. The number of fused-ring (bicyclic) bond motifs is 1. The molecule has 0 aliphatic carbocycles. The lowest BCUT2D eigenvalue weighted by Gasteiger charge is -2.21. The van der Waals surface area contributed by atoms with Gasteiger partial charge in [0.25, 0.3) is 5.91 Å². The number of hydrogen-bond donors (Lipinski definition) is 2. The van der Waals surface area contributed by atoms with Gasteiger partial charge in [-0.3, -0.25) is 4.79 Å². The molecule has 2 rings (SSSR count). The normalized spacial score (nSPS) is 12.9. The Morgan fingerprint density at radius 1 is 1.27 bits per heavy atom. The van der Waals surface area contributed by atoms with Crippen molar-refractivity contribution in [1.82, 2.24) is 5.32 Å². The molecule has 0 aliphatic heterocycles. The number of nitrogens with one attached hydrogen (secondary N) is 1. The van der Waals surface area contributed by atoms with Crippen LogP contribution < -0.4 is 5.32 Å². The van der Waals surface area contributed by atoms with Gasteiger partial charge in [-0.25, -0.2) is 4.79 Å². The summed E-state index contributed by atoms with van der Waals surface area (Å²) in [5.41, 5.74) is 0.764. The maximum atomic E-state index is 12.6. The zero-order valence-corrected chi connectivity index (χ0v) is 15.5. The van der Waals surface area contributed by atoms with E-state index < -0.39 is 17.9 Å². The third kappa shape index (κ3) is 5.06. The fraction of sp³-hybridized carbons (Fsp3) is 0.474. The molecule has 1 atom stereocenters. The van der Waals surface area contributed by atoms with Crippen molar-refractivity contribution in [2.24, 2.45) is 0 Å². The predicted molar refractivity (Wildman–Crippen MR) is 96.1 cm³/mol. The lowest BCUT2D eigenvalue weighted by atomic mass is 10.1. The zero-order valence-electron chi connectivity index (χ0n) is 15.5. The minimum atomic E-state index is -1.12. The van der Waals surface area contributed by atoms with Crippen molar-refractivity contribution in [1.29, 1.82) is 0 Å². The van der Waals surface area contributed by atoms with Crippen LogP contribution in [0.2, 0.25) is 0 Å². The van der Waals surface area contributed by atoms with E-state index in [1.54, 1.807) is 12.1 Å². The molecule has 0 saturated heterocycles. The first kappa shape index (κ1) is 19.9. The van der Waals surface area contributed by atoms with Crippen molar-refractivity contribution in [3.63, 3.8) is 0 Å². The summed E-state index contributed by atoms with van der Waals surface area (Å²) in [5, 5.41) is 12.7. The molecule has 0 radical (unpaired) electrons. The number of rotatable bonds is 8. The Labute approximate surface area is 152 Å². The number of carboxylic acids is 1. The van der Waals surface area contributed by atoms with Crippen LogP contribution in [0.25, 0.3) is 11.0 Å². The Morgan fingerprint density at radius 3 is 2.58 bits per heavy atom. The first-order valence-corrected chi connectivity index (χ1v) is 8.40. The molecule has 26 heavy (non-hydrogen) atoms. The maximum Gasteiger partial charge on any atom is 0.326 e. The number of methoxy groups -OCH3 is 1. The second-order valence-corrected chi connectivity index (χ2v) is 6.95. The highest BCUT2D eigenvalue weighted by atomic mass is 16.5. The first-order valence-electron chi connectivity index (χ1n) is 8.40. The third-order valence-corrected chi connectivity index (χ3v) is 3.74. The summed E-state index contributed by atoms with van der Waals surface area (Å²) in [6.45, 7) is 6.04. The summed E-state index contributed by atoms with van der Waals surface area (Å²) in [4.78, 5) is 24.1. The highest BCUT2D eigenvalue weighted by molar-refractivity contribution is 6.00. The lowest BCUT2D eigenvalue weighted by Crippen LogP contribution is -2.42. The molecule has 7 heteroatoms. The fourth-order valence-electron chi connectivity index (χ4n) is 2.53.